The minimum absolute atomic E-state index is 0.419. The van der Waals surface area contributed by atoms with Gasteiger partial charge in [-0.2, -0.15) is 0 Å². The molecule has 4 heteroatoms. The number of carbonyl (C=O) groups is 1. The van der Waals surface area contributed by atoms with Gasteiger partial charge in [-0.3, -0.25) is 5.32 Å². The Morgan fingerprint density at radius 2 is 1.73 bits per heavy atom. The summed E-state index contributed by atoms with van der Waals surface area (Å²) in [5.74, 6) is 0.635. The Morgan fingerprint density at radius 3 is 2.38 bits per heavy atom. The molecule has 0 saturated carbocycles. The molecule has 0 atom stereocenters. The Labute approximate surface area is 156 Å². The highest BCUT2D eigenvalue weighted by Gasteiger charge is 2.21. The lowest BCUT2D eigenvalue weighted by Crippen LogP contribution is -2.33. The molecular formula is C22H28N2O2. The second-order valence-corrected chi connectivity index (χ2v) is 7.85. The van der Waals surface area contributed by atoms with E-state index in [0.717, 1.165) is 37.3 Å². The monoisotopic (exact) mass is 352 g/mol. The third-order valence-electron chi connectivity index (χ3n) is 4.62. The summed E-state index contributed by atoms with van der Waals surface area (Å²) >= 11 is 0. The second kappa shape index (κ2) is 7.81. The molecular weight excluding hydrogens is 324 g/mol. The quantitative estimate of drug-likeness (QED) is 0.802. The molecule has 0 aromatic heterocycles. The molecule has 1 fully saturated rings. The third-order valence-corrected chi connectivity index (χ3v) is 4.62. The van der Waals surface area contributed by atoms with Crippen molar-refractivity contribution in [3.63, 3.8) is 0 Å². The van der Waals surface area contributed by atoms with Crippen LogP contribution in [-0.4, -0.2) is 24.8 Å². The van der Waals surface area contributed by atoms with Crippen molar-refractivity contribution >= 4 is 17.5 Å². The highest BCUT2D eigenvalue weighted by atomic mass is 16.6. The van der Waals surface area contributed by atoms with Gasteiger partial charge in [-0.25, -0.2) is 4.79 Å². The number of anilines is 2. The molecule has 1 N–H and O–H groups in total. The van der Waals surface area contributed by atoms with Crippen molar-refractivity contribution in [3.05, 3.63) is 60.2 Å². The standard InChI is InChI=1S/C22H28N2O2/c1-22(2,3)26-21(25)23-19-10-7-11-20(16-19)24-14-12-18(13-15-24)17-8-5-4-6-9-17/h4-11,16,18H,12-15H2,1-3H3,(H,23,25). The van der Waals surface area contributed by atoms with E-state index in [4.69, 9.17) is 4.74 Å². The number of nitrogens with one attached hydrogen (secondary N) is 1. The first-order chi connectivity index (χ1) is 12.4. The van der Waals surface area contributed by atoms with E-state index in [2.05, 4.69) is 46.6 Å². The maximum atomic E-state index is 12.0. The predicted molar refractivity (Wildman–Crippen MR) is 107 cm³/mol. The molecule has 1 aliphatic rings. The lowest BCUT2D eigenvalue weighted by molar-refractivity contribution is 0.0636. The van der Waals surface area contributed by atoms with E-state index in [1.807, 2.05) is 39.0 Å². The molecule has 26 heavy (non-hydrogen) atoms. The second-order valence-electron chi connectivity index (χ2n) is 7.85. The largest absolute Gasteiger partial charge is 0.444 e. The van der Waals surface area contributed by atoms with Crippen molar-refractivity contribution < 1.29 is 9.53 Å². The number of piperidine rings is 1. The lowest BCUT2D eigenvalue weighted by atomic mass is 9.89. The molecule has 0 spiro atoms. The van der Waals surface area contributed by atoms with Gasteiger partial charge in [-0.05, 0) is 63.3 Å². The number of ether oxygens (including phenoxy) is 1. The molecule has 1 saturated heterocycles. The van der Waals surface area contributed by atoms with Crippen molar-refractivity contribution in [2.24, 2.45) is 0 Å². The Kier molecular flexibility index (Phi) is 5.50. The Morgan fingerprint density at radius 1 is 1.04 bits per heavy atom. The summed E-state index contributed by atoms with van der Waals surface area (Å²) in [7, 11) is 0. The first-order valence-corrected chi connectivity index (χ1v) is 9.31. The molecule has 3 rings (SSSR count). The molecule has 1 aliphatic heterocycles. The molecule has 138 valence electrons. The minimum atomic E-state index is -0.499. The molecule has 0 radical (unpaired) electrons. The van der Waals surface area contributed by atoms with Gasteiger partial charge < -0.3 is 9.64 Å². The number of nitrogens with zero attached hydrogens (tertiary/aromatic N) is 1. The molecule has 0 unspecified atom stereocenters. The highest BCUT2D eigenvalue weighted by Crippen LogP contribution is 2.31. The maximum absolute atomic E-state index is 12.0. The predicted octanol–water partition coefficient (Wildman–Crippen LogP) is 5.42. The van der Waals surface area contributed by atoms with Crippen LogP contribution < -0.4 is 10.2 Å². The zero-order valence-electron chi connectivity index (χ0n) is 15.9. The SMILES string of the molecule is CC(C)(C)OC(=O)Nc1cccc(N2CCC(c3ccccc3)CC2)c1. The molecule has 4 nitrogen and oxygen atoms in total. The topological polar surface area (TPSA) is 41.6 Å². The fourth-order valence-corrected chi connectivity index (χ4v) is 3.40. The summed E-state index contributed by atoms with van der Waals surface area (Å²) in [5, 5.41) is 2.82. The van der Waals surface area contributed by atoms with Crippen molar-refractivity contribution in [1.82, 2.24) is 0 Å². The van der Waals surface area contributed by atoms with Gasteiger partial charge in [0.2, 0.25) is 0 Å². The fourth-order valence-electron chi connectivity index (χ4n) is 3.40. The lowest BCUT2D eigenvalue weighted by Gasteiger charge is -2.34. The maximum Gasteiger partial charge on any atom is 0.412 e. The summed E-state index contributed by atoms with van der Waals surface area (Å²) in [6, 6.07) is 18.8. The van der Waals surface area contributed by atoms with Gasteiger partial charge in [0.1, 0.15) is 5.60 Å². The summed E-state index contributed by atoms with van der Waals surface area (Å²) in [6.07, 6.45) is 1.87. The zero-order chi connectivity index (χ0) is 18.6. The van der Waals surface area contributed by atoms with Crippen LogP contribution in [0.15, 0.2) is 54.6 Å². The van der Waals surface area contributed by atoms with Crippen LogP contribution in [0.4, 0.5) is 16.2 Å². The number of amides is 1. The van der Waals surface area contributed by atoms with Gasteiger partial charge in [0.05, 0.1) is 0 Å². The van der Waals surface area contributed by atoms with E-state index in [9.17, 15) is 4.79 Å². The average molecular weight is 352 g/mol. The molecule has 2 aromatic carbocycles. The average Bonchev–Trinajstić information content (AvgIpc) is 2.61. The molecule has 1 heterocycles. The Balaban J connectivity index is 1.60. The van der Waals surface area contributed by atoms with Crippen LogP contribution in [0.25, 0.3) is 0 Å². The first kappa shape index (κ1) is 18.3. The van der Waals surface area contributed by atoms with Crippen LogP contribution in [-0.2, 0) is 4.74 Å². The number of hydrogen-bond donors (Lipinski definition) is 1. The van der Waals surface area contributed by atoms with Gasteiger partial charge in [-0.15, -0.1) is 0 Å². The van der Waals surface area contributed by atoms with Crippen molar-refractivity contribution in [2.75, 3.05) is 23.3 Å². The van der Waals surface area contributed by atoms with Crippen LogP contribution in [0.3, 0.4) is 0 Å². The highest BCUT2D eigenvalue weighted by molar-refractivity contribution is 5.85. The third kappa shape index (κ3) is 5.01. The molecule has 0 bridgehead atoms. The normalized spacial score (nSPS) is 15.6. The van der Waals surface area contributed by atoms with E-state index in [-0.39, 0.29) is 0 Å². The number of hydrogen-bond acceptors (Lipinski definition) is 3. The minimum Gasteiger partial charge on any atom is -0.444 e. The fraction of sp³-hybridized carbons (Fsp3) is 0.409. The molecule has 1 amide bonds. The zero-order valence-corrected chi connectivity index (χ0v) is 15.9. The van der Waals surface area contributed by atoms with Crippen LogP contribution >= 0.6 is 0 Å². The van der Waals surface area contributed by atoms with Crippen molar-refractivity contribution in [3.8, 4) is 0 Å². The summed E-state index contributed by atoms with van der Waals surface area (Å²) in [4.78, 5) is 14.4. The summed E-state index contributed by atoms with van der Waals surface area (Å²) in [6.45, 7) is 7.63. The number of rotatable bonds is 3. The van der Waals surface area contributed by atoms with E-state index in [0.29, 0.717) is 5.92 Å². The van der Waals surface area contributed by atoms with Crippen LogP contribution in [0.1, 0.15) is 45.1 Å². The summed E-state index contributed by atoms with van der Waals surface area (Å²) < 4.78 is 5.33. The Hall–Kier alpha value is -2.49. The van der Waals surface area contributed by atoms with E-state index >= 15 is 0 Å². The van der Waals surface area contributed by atoms with Crippen LogP contribution in [0.2, 0.25) is 0 Å². The van der Waals surface area contributed by atoms with Crippen molar-refractivity contribution in [1.29, 1.82) is 0 Å². The van der Waals surface area contributed by atoms with Crippen LogP contribution in [0, 0.1) is 0 Å². The van der Waals surface area contributed by atoms with Gasteiger partial charge in [0.15, 0.2) is 0 Å². The van der Waals surface area contributed by atoms with Gasteiger partial charge in [0, 0.05) is 24.5 Å². The summed E-state index contributed by atoms with van der Waals surface area (Å²) in [5.41, 5.74) is 2.85. The van der Waals surface area contributed by atoms with Gasteiger partial charge in [0.25, 0.3) is 0 Å². The van der Waals surface area contributed by atoms with E-state index in [1.54, 1.807) is 0 Å². The smallest absolute Gasteiger partial charge is 0.412 e. The molecule has 0 aliphatic carbocycles. The molecule has 2 aromatic rings. The number of carbonyl (C=O) groups excluding carboxylic acids is 1. The van der Waals surface area contributed by atoms with E-state index < -0.39 is 11.7 Å². The van der Waals surface area contributed by atoms with Crippen molar-refractivity contribution in [2.45, 2.75) is 45.1 Å². The van der Waals surface area contributed by atoms with Gasteiger partial charge in [-0.1, -0.05) is 36.4 Å². The number of benzene rings is 2. The van der Waals surface area contributed by atoms with Gasteiger partial charge >= 0.3 is 6.09 Å². The van der Waals surface area contributed by atoms with Crippen LogP contribution in [0.5, 0.6) is 0 Å². The van der Waals surface area contributed by atoms with E-state index in [1.165, 1.54) is 5.56 Å². The first-order valence-electron chi connectivity index (χ1n) is 9.31. The Bertz CT molecular complexity index is 729.